The van der Waals surface area contributed by atoms with Gasteiger partial charge in [-0.25, -0.2) is 4.39 Å². The number of hydrogen-bond donors (Lipinski definition) is 0. The number of aryl methyl sites for hydroxylation is 1. The lowest BCUT2D eigenvalue weighted by Gasteiger charge is -1.98. The number of benzene rings is 1. The Kier molecular flexibility index (Phi) is 2.17. The van der Waals surface area contributed by atoms with Gasteiger partial charge in [0.05, 0.1) is 5.02 Å². The van der Waals surface area contributed by atoms with Crippen LogP contribution in [0.25, 0.3) is 0 Å². The van der Waals surface area contributed by atoms with Gasteiger partial charge in [-0.1, -0.05) is 23.2 Å². The highest BCUT2D eigenvalue weighted by Gasteiger charge is 2.03. The van der Waals surface area contributed by atoms with E-state index in [1.54, 1.807) is 6.92 Å². The summed E-state index contributed by atoms with van der Waals surface area (Å²) in [6, 6.07) is 2.91. The van der Waals surface area contributed by atoms with Gasteiger partial charge in [0.2, 0.25) is 0 Å². The van der Waals surface area contributed by atoms with Crippen LogP contribution in [0.1, 0.15) is 5.56 Å². The summed E-state index contributed by atoms with van der Waals surface area (Å²) in [5.41, 5.74) is 0.470. The van der Waals surface area contributed by atoms with Crippen LogP contribution in [0.2, 0.25) is 10.0 Å². The van der Waals surface area contributed by atoms with Crippen molar-refractivity contribution in [2.24, 2.45) is 0 Å². The molecule has 0 fully saturated rings. The fraction of sp³-hybridized carbons (Fsp3) is 0.143. The van der Waals surface area contributed by atoms with Gasteiger partial charge in [-0.05, 0) is 24.6 Å². The van der Waals surface area contributed by atoms with E-state index in [0.29, 0.717) is 10.6 Å². The normalized spacial score (nSPS) is 10.0. The standard InChI is InChI=1S/C7H5Cl2F/c1-4-2-5(8)3-6(9)7(4)10/h2-3H,1H3. The molecule has 1 aromatic carbocycles. The second-order valence-electron chi connectivity index (χ2n) is 2.02. The van der Waals surface area contributed by atoms with Crippen LogP contribution in [0.3, 0.4) is 0 Å². The van der Waals surface area contributed by atoms with Gasteiger partial charge in [0.25, 0.3) is 0 Å². The monoisotopic (exact) mass is 178 g/mol. The van der Waals surface area contributed by atoms with Crippen molar-refractivity contribution < 1.29 is 4.39 Å². The fourth-order valence-electron chi connectivity index (χ4n) is 0.685. The molecule has 0 radical (unpaired) electrons. The lowest BCUT2D eigenvalue weighted by Crippen LogP contribution is -1.82. The van der Waals surface area contributed by atoms with Gasteiger partial charge >= 0.3 is 0 Å². The van der Waals surface area contributed by atoms with E-state index in [9.17, 15) is 4.39 Å². The molecule has 0 heterocycles. The SMILES string of the molecule is Cc1cc(Cl)cc(Cl)c1F. The Morgan fingerprint density at radius 3 is 2.40 bits per heavy atom. The van der Waals surface area contributed by atoms with Crippen molar-refractivity contribution in [2.45, 2.75) is 6.92 Å². The van der Waals surface area contributed by atoms with Crippen LogP contribution in [0.15, 0.2) is 12.1 Å². The van der Waals surface area contributed by atoms with E-state index in [0.717, 1.165) is 0 Å². The highest BCUT2D eigenvalue weighted by Crippen LogP contribution is 2.22. The lowest BCUT2D eigenvalue weighted by molar-refractivity contribution is 0.619. The minimum atomic E-state index is -0.397. The van der Waals surface area contributed by atoms with Gasteiger partial charge in [-0.2, -0.15) is 0 Å². The molecular weight excluding hydrogens is 174 g/mol. The Morgan fingerprint density at radius 1 is 1.30 bits per heavy atom. The molecule has 0 amide bonds. The quantitative estimate of drug-likeness (QED) is 0.535. The molecule has 0 aliphatic heterocycles. The fourth-order valence-corrected chi connectivity index (χ4v) is 1.28. The lowest BCUT2D eigenvalue weighted by atomic mass is 10.2. The molecule has 0 aliphatic carbocycles. The molecular formula is C7H5Cl2F. The Morgan fingerprint density at radius 2 is 1.90 bits per heavy atom. The van der Waals surface area contributed by atoms with Crippen LogP contribution in [-0.4, -0.2) is 0 Å². The Balaban J connectivity index is 3.31. The maximum absolute atomic E-state index is 12.7. The summed E-state index contributed by atoms with van der Waals surface area (Å²) < 4.78 is 12.7. The van der Waals surface area contributed by atoms with Crippen molar-refractivity contribution in [3.8, 4) is 0 Å². The molecule has 0 nitrogen and oxygen atoms in total. The van der Waals surface area contributed by atoms with Crippen LogP contribution in [0.5, 0.6) is 0 Å². The van der Waals surface area contributed by atoms with E-state index in [-0.39, 0.29) is 5.02 Å². The molecule has 1 rings (SSSR count). The van der Waals surface area contributed by atoms with Crippen molar-refractivity contribution in [1.82, 2.24) is 0 Å². The van der Waals surface area contributed by atoms with Gasteiger partial charge in [0, 0.05) is 5.02 Å². The molecule has 3 heteroatoms. The van der Waals surface area contributed by atoms with Crippen molar-refractivity contribution in [1.29, 1.82) is 0 Å². The summed E-state index contributed by atoms with van der Waals surface area (Å²) in [4.78, 5) is 0. The van der Waals surface area contributed by atoms with Crippen LogP contribution < -0.4 is 0 Å². The van der Waals surface area contributed by atoms with Gasteiger partial charge in [-0.15, -0.1) is 0 Å². The average Bonchev–Trinajstić information content (AvgIpc) is 1.82. The highest BCUT2D eigenvalue weighted by atomic mass is 35.5. The minimum Gasteiger partial charge on any atom is -0.205 e. The Labute approximate surface area is 68.6 Å². The van der Waals surface area contributed by atoms with Gasteiger partial charge in [-0.3, -0.25) is 0 Å². The van der Waals surface area contributed by atoms with E-state index in [1.165, 1.54) is 12.1 Å². The Bertz CT molecular complexity index is 235. The van der Waals surface area contributed by atoms with Crippen LogP contribution in [0.4, 0.5) is 4.39 Å². The molecule has 0 aromatic heterocycles. The predicted molar refractivity (Wildman–Crippen MR) is 41.2 cm³/mol. The maximum atomic E-state index is 12.7. The van der Waals surface area contributed by atoms with E-state index in [4.69, 9.17) is 23.2 Å². The number of halogens is 3. The zero-order valence-electron chi connectivity index (χ0n) is 5.29. The first kappa shape index (κ1) is 7.83. The van der Waals surface area contributed by atoms with Crippen LogP contribution in [-0.2, 0) is 0 Å². The van der Waals surface area contributed by atoms with Gasteiger partial charge in [0.15, 0.2) is 0 Å². The van der Waals surface area contributed by atoms with Crippen LogP contribution in [0, 0.1) is 12.7 Å². The van der Waals surface area contributed by atoms with Crippen molar-refractivity contribution >= 4 is 23.2 Å². The number of rotatable bonds is 0. The third kappa shape index (κ3) is 1.41. The largest absolute Gasteiger partial charge is 0.205 e. The molecule has 1 aromatic rings. The molecule has 0 atom stereocenters. The zero-order chi connectivity index (χ0) is 7.72. The van der Waals surface area contributed by atoms with E-state index in [1.807, 2.05) is 0 Å². The summed E-state index contributed by atoms with van der Waals surface area (Å²) in [6.45, 7) is 1.62. The molecule has 0 saturated heterocycles. The first-order valence-corrected chi connectivity index (χ1v) is 3.48. The predicted octanol–water partition coefficient (Wildman–Crippen LogP) is 3.44. The summed E-state index contributed by atoms with van der Waals surface area (Å²) in [5.74, 6) is -0.397. The topological polar surface area (TPSA) is 0 Å². The maximum Gasteiger partial charge on any atom is 0.144 e. The third-order valence-corrected chi connectivity index (χ3v) is 1.67. The first-order valence-electron chi connectivity index (χ1n) is 2.72. The van der Waals surface area contributed by atoms with E-state index < -0.39 is 5.82 Å². The van der Waals surface area contributed by atoms with Crippen molar-refractivity contribution in [3.63, 3.8) is 0 Å². The second-order valence-corrected chi connectivity index (χ2v) is 2.86. The minimum absolute atomic E-state index is 0.0741. The molecule has 0 spiro atoms. The molecule has 0 aliphatic rings. The average molecular weight is 179 g/mol. The van der Waals surface area contributed by atoms with E-state index in [2.05, 4.69) is 0 Å². The number of hydrogen-bond acceptors (Lipinski definition) is 0. The summed E-state index contributed by atoms with van der Waals surface area (Å²) in [6.07, 6.45) is 0. The molecule has 54 valence electrons. The molecule has 0 bridgehead atoms. The molecule has 0 saturated carbocycles. The zero-order valence-corrected chi connectivity index (χ0v) is 6.80. The van der Waals surface area contributed by atoms with E-state index >= 15 is 0 Å². The summed E-state index contributed by atoms with van der Waals surface area (Å²) in [5, 5.41) is 0.536. The van der Waals surface area contributed by atoms with Gasteiger partial charge in [0.1, 0.15) is 5.82 Å². The second kappa shape index (κ2) is 2.77. The molecule has 0 unspecified atom stereocenters. The summed E-state index contributed by atoms with van der Waals surface area (Å²) >= 11 is 11.0. The summed E-state index contributed by atoms with van der Waals surface area (Å²) in [7, 11) is 0. The van der Waals surface area contributed by atoms with Crippen molar-refractivity contribution in [3.05, 3.63) is 33.6 Å². The first-order chi connectivity index (χ1) is 4.61. The highest BCUT2D eigenvalue weighted by molar-refractivity contribution is 6.34. The Hall–Kier alpha value is -0.270. The van der Waals surface area contributed by atoms with Gasteiger partial charge < -0.3 is 0 Å². The molecule has 0 N–H and O–H groups in total. The molecule has 10 heavy (non-hydrogen) atoms. The third-order valence-electron chi connectivity index (χ3n) is 1.17. The smallest absolute Gasteiger partial charge is 0.144 e. The van der Waals surface area contributed by atoms with Crippen LogP contribution >= 0.6 is 23.2 Å². The van der Waals surface area contributed by atoms with Crippen molar-refractivity contribution in [2.75, 3.05) is 0 Å².